The zero-order valence-electron chi connectivity index (χ0n) is 17.2. The number of benzene rings is 2. The summed E-state index contributed by atoms with van der Waals surface area (Å²) in [6.45, 7) is 5.32. The summed E-state index contributed by atoms with van der Waals surface area (Å²) in [7, 11) is 0. The van der Waals surface area contributed by atoms with Crippen molar-refractivity contribution in [2.45, 2.75) is 45.4 Å². The summed E-state index contributed by atoms with van der Waals surface area (Å²) < 4.78 is 32.5. The molecule has 1 aliphatic heterocycles. The fourth-order valence-electron chi connectivity index (χ4n) is 3.56. The molecule has 1 saturated heterocycles. The molecule has 2 aromatic rings. The SMILES string of the molecule is CC1CN(C(=O)c2ccc(CNC(=O)CCc3cc(F)ccc3F)cc2)CC(C)O1. The van der Waals surface area contributed by atoms with Gasteiger partial charge < -0.3 is 15.0 Å². The topological polar surface area (TPSA) is 58.6 Å². The lowest BCUT2D eigenvalue weighted by Gasteiger charge is -2.35. The van der Waals surface area contributed by atoms with Gasteiger partial charge in [-0.1, -0.05) is 12.1 Å². The first-order valence-electron chi connectivity index (χ1n) is 10.1. The molecule has 1 heterocycles. The van der Waals surface area contributed by atoms with Crippen LogP contribution in [0.5, 0.6) is 0 Å². The highest BCUT2D eigenvalue weighted by Gasteiger charge is 2.26. The van der Waals surface area contributed by atoms with Crippen LogP contribution in [0.1, 0.15) is 41.8 Å². The van der Waals surface area contributed by atoms with E-state index in [4.69, 9.17) is 4.74 Å². The van der Waals surface area contributed by atoms with Gasteiger partial charge in [-0.2, -0.15) is 0 Å². The first kappa shape index (κ1) is 21.9. The molecule has 0 spiro atoms. The Morgan fingerprint density at radius 3 is 2.40 bits per heavy atom. The lowest BCUT2D eigenvalue weighted by Crippen LogP contribution is -2.48. The summed E-state index contributed by atoms with van der Waals surface area (Å²) >= 11 is 0. The third kappa shape index (κ3) is 5.86. The minimum Gasteiger partial charge on any atom is -0.372 e. The molecule has 0 aromatic heterocycles. The molecule has 3 rings (SSSR count). The Labute approximate surface area is 175 Å². The predicted octanol–water partition coefficient (Wildman–Crippen LogP) is 3.46. The van der Waals surface area contributed by atoms with Crippen molar-refractivity contribution in [1.82, 2.24) is 10.2 Å². The number of amides is 2. The molecule has 1 N–H and O–H groups in total. The maximum Gasteiger partial charge on any atom is 0.254 e. The third-order valence-electron chi connectivity index (χ3n) is 5.03. The molecule has 1 aliphatic rings. The Kier molecular flexibility index (Phi) is 7.15. The zero-order valence-corrected chi connectivity index (χ0v) is 17.2. The molecule has 7 heteroatoms. The number of hydrogen-bond acceptors (Lipinski definition) is 3. The smallest absolute Gasteiger partial charge is 0.254 e. The molecule has 2 unspecified atom stereocenters. The van der Waals surface area contributed by atoms with E-state index in [0.29, 0.717) is 25.2 Å². The van der Waals surface area contributed by atoms with Gasteiger partial charge in [0.2, 0.25) is 5.91 Å². The molecule has 5 nitrogen and oxygen atoms in total. The van der Waals surface area contributed by atoms with E-state index in [-0.39, 0.29) is 42.4 Å². The van der Waals surface area contributed by atoms with Gasteiger partial charge in [0, 0.05) is 31.6 Å². The van der Waals surface area contributed by atoms with Crippen molar-refractivity contribution in [3.05, 3.63) is 70.8 Å². The Bertz CT molecular complexity index is 892. The number of carbonyl (C=O) groups excluding carboxylic acids is 2. The van der Waals surface area contributed by atoms with Crippen LogP contribution in [-0.4, -0.2) is 42.0 Å². The van der Waals surface area contributed by atoms with Crippen molar-refractivity contribution >= 4 is 11.8 Å². The quantitative estimate of drug-likeness (QED) is 0.785. The van der Waals surface area contributed by atoms with Crippen LogP contribution in [0.25, 0.3) is 0 Å². The molecule has 0 bridgehead atoms. The van der Waals surface area contributed by atoms with Crippen LogP contribution >= 0.6 is 0 Å². The van der Waals surface area contributed by atoms with E-state index in [1.54, 1.807) is 29.2 Å². The summed E-state index contributed by atoms with van der Waals surface area (Å²) in [5.74, 6) is -1.34. The normalized spacial score (nSPS) is 18.9. The van der Waals surface area contributed by atoms with Gasteiger partial charge in [0.15, 0.2) is 0 Å². The number of nitrogens with one attached hydrogen (secondary N) is 1. The van der Waals surface area contributed by atoms with Crippen LogP contribution in [0.4, 0.5) is 8.78 Å². The molecule has 160 valence electrons. The molecular formula is C23H26F2N2O3. The molecule has 1 fully saturated rings. The highest BCUT2D eigenvalue weighted by atomic mass is 19.1. The van der Waals surface area contributed by atoms with Gasteiger partial charge in [-0.05, 0) is 61.7 Å². The average Bonchev–Trinajstić information content (AvgIpc) is 2.72. The van der Waals surface area contributed by atoms with Crippen molar-refractivity contribution in [2.75, 3.05) is 13.1 Å². The molecule has 0 radical (unpaired) electrons. The minimum absolute atomic E-state index is 0.00744. The Morgan fingerprint density at radius 1 is 1.07 bits per heavy atom. The second kappa shape index (κ2) is 9.80. The monoisotopic (exact) mass is 416 g/mol. The van der Waals surface area contributed by atoms with E-state index in [1.807, 2.05) is 13.8 Å². The summed E-state index contributed by atoms with van der Waals surface area (Å²) in [5, 5.41) is 2.76. The molecule has 2 atom stereocenters. The Balaban J connectivity index is 1.49. The first-order chi connectivity index (χ1) is 14.3. The van der Waals surface area contributed by atoms with Gasteiger partial charge in [-0.3, -0.25) is 9.59 Å². The zero-order chi connectivity index (χ0) is 21.7. The van der Waals surface area contributed by atoms with Gasteiger partial charge in [0.05, 0.1) is 12.2 Å². The number of hydrogen-bond donors (Lipinski definition) is 1. The molecular weight excluding hydrogens is 390 g/mol. The van der Waals surface area contributed by atoms with Crippen molar-refractivity contribution in [1.29, 1.82) is 0 Å². The predicted molar refractivity (Wildman–Crippen MR) is 109 cm³/mol. The van der Waals surface area contributed by atoms with Crippen LogP contribution in [0.2, 0.25) is 0 Å². The van der Waals surface area contributed by atoms with E-state index in [9.17, 15) is 18.4 Å². The van der Waals surface area contributed by atoms with E-state index in [2.05, 4.69) is 5.32 Å². The largest absolute Gasteiger partial charge is 0.372 e. The standard InChI is InChI=1S/C23H26F2N2O3/c1-15-13-27(14-16(2)30-15)23(29)18-5-3-17(4-6-18)12-26-22(28)10-7-19-11-20(24)8-9-21(19)25/h3-6,8-9,11,15-16H,7,10,12-14H2,1-2H3,(H,26,28). The van der Waals surface area contributed by atoms with Crippen molar-refractivity contribution in [3.63, 3.8) is 0 Å². The molecule has 2 amide bonds. The Hall–Kier alpha value is -2.80. The summed E-state index contributed by atoms with van der Waals surface area (Å²) in [6.07, 6.45) is 0.199. The van der Waals surface area contributed by atoms with Crippen LogP contribution < -0.4 is 5.32 Å². The maximum absolute atomic E-state index is 13.6. The molecule has 0 aliphatic carbocycles. The van der Waals surface area contributed by atoms with E-state index in [1.165, 1.54) is 0 Å². The number of ether oxygens (including phenoxy) is 1. The average molecular weight is 416 g/mol. The number of carbonyl (C=O) groups is 2. The molecule has 0 saturated carbocycles. The highest BCUT2D eigenvalue weighted by molar-refractivity contribution is 5.94. The van der Waals surface area contributed by atoms with Crippen molar-refractivity contribution in [2.24, 2.45) is 0 Å². The van der Waals surface area contributed by atoms with Gasteiger partial charge in [0.1, 0.15) is 11.6 Å². The summed E-state index contributed by atoms with van der Waals surface area (Å²) in [4.78, 5) is 26.5. The number of halogens is 2. The van der Waals surface area contributed by atoms with Crippen LogP contribution in [-0.2, 0) is 22.5 Å². The van der Waals surface area contributed by atoms with Crippen LogP contribution in [0, 0.1) is 11.6 Å². The van der Waals surface area contributed by atoms with Gasteiger partial charge >= 0.3 is 0 Å². The van der Waals surface area contributed by atoms with Crippen molar-refractivity contribution < 1.29 is 23.1 Å². The second-order valence-corrected chi connectivity index (χ2v) is 7.68. The van der Waals surface area contributed by atoms with Crippen LogP contribution in [0.15, 0.2) is 42.5 Å². The van der Waals surface area contributed by atoms with E-state index in [0.717, 1.165) is 23.8 Å². The minimum atomic E-state index is -0.526. The van der Waals surface area contributed by atoms with E-state index < -0.39 is 11.6 Å². The van der Waals surface area contributed by atoms with Gasteiger partial charge in [-0.25, -0.2) is 8.78 Å². The number of rotatable bonds is 6. The molecule has 30 heavy (non-hydrogen) atoms. The third-order valence-corrected chi connectivity index (χ3v) is 5.03. The fourth-order valence-corrected chi connectivity index (χ4v) is 3.56. The summed E-state index contributed by atoms with van der Waals surface area (Å²) in [6, 6.07) is 10.3. The van der Waals surface area contributed by atoms with Crippen molar-refractivity contribution in [3.8, 4) is 0 Å². The lowest BCUT2D eigenvalue weighted by atomic mass is 10.1. The fraction of sp³-hybridized carbons (Fsp3) is 0.391. The second-order valence-electron chi connectivity index (χ2n) is 7.68. The number of aryl methyl sites for hydroxylation is 1. The summed E-state index contributed by atoms with van der Waals surface area (Å²) in [5.41, 5.74) is 1.62. The van der Waals surface area contributed by atoms with Gasteiger partial charge in [-0.15, -0.1) is 0 Å². The maximum atomic E-state index is 13.6. The van der Waals surface area contributed by atoms with E-state index >= 15 is 0 Å². The number of nitrogens with zero attached hydrogens (tertiary/aromatic N) is 1. The Morgan fingerprint density at radius 2 is 1.73 bits per heavy atom. The highest BCUT2D eigenvalue weighted by Crippen LogP contribution is 2.15. The number of morpholine rings is 1. The van der Waals surface area contributed by atoms with Crippen LogP contribution in [0.3, 0.4) is 0 Å². The van der Waals surface area contributed by atoms with Gasteiger partial charge in [0.25, 0.3) is 5.91 Å². The molecule has 2 aromatic carbocycles. The first-order valence-corrected chi connectivity index (χ1v) is 10.1. The lowest BCUT2D eigenvalue weighted by molar-refractivity contribution is -0.121.